The summed E-state index contributed by atoms with van der Waals surface area (Å²) in [6.07, 6.45) is 7.31. The average Bonchev–Trinajstić information content (AvgIpc) is 2.16. The average molecular weight is 180 g/mol. The van der Waals surface area contributed by atoms with Gasteiger partial charge in [-0.05, 0) is 5.92 Å². The molecule has 0 amide bonds. The number of hydrogen-bond donors (Lipinski definition) is 0. The molecule has 0 nitrogen and oxygen atoms in total. The maximum Gasteiger partial charge on any atom is 0.0840 e. The van der Waals surface area contributed by atoms with Crippen molar-refractivity contribution >= 4 is 8.80 Å². The zero-order valence-corrected chi connectivity index (χ0v) is 9.12. The SMILES string of the molecule is C=C[SiH](C=C)CC1CCCCC1. The molecule has 0 bridgehead atoms. The normalized spacial score (nSPS) is 19.4. The highest BCUT2D eigenvalue weighted by Crippen LogP contribution is 2.27. The summed E-state index contributed by atoms with van der Waals surface area (Å²) >= 11 is 0. The van der Waals surface area contributed by atoms with Crippen molar-refractivity contribution in [2.24, 2.45) is 5.92 Å². The molecule has 0 atom stereocenters. The van der Waals surface area contributed by atoms with Gasteiger partial charge in [0.25, 0.3) is 0 Å². The lowest BCUT2D eigenvalue weighted by molar-refractivity contribution is 0.384. The van der Waals surface area contributed by atoms with Gasteiger partial charge in [-0.3, -0.25) is 0 Å². The summed E-state index contributed by atoms with van der Waals surface area (Å²) in [4.78, 5) is 0. The van der Waals surface area contributed by atoms with Crippen molar-refractivity contribution < 1.29 is 0 Å². The van der Waals surface area contributed by atoms with E-state index in [1.807, 2.05) is 0 Å². The molecule has 0 radical (unpaired) electrons. The summed E-state index contributed by atoms with van der Waals surface area (Å²) in [6.45, 7) is 7.78. The van der Waals surface area contributed by atoms with Crippen LogP contribution < -0.4 is 0 Å². The fraction of sp³-hybridized carbons (Fsp3) is 0.636. The van der Waals surface area contributed by atoms with Crippen LogP contribution in [0.5, 0.6) is 0 Å². The Morgan fingerprint density at radius 2 is 1.67 bits per heavy atom. The van der Waals surface area contributed by atoms with Gasteiger partial charge >= 0.3 is 0 Å². The van der Waals surface area contributed by atoms with Crippen LogP contribution in [-0.2, 0) is 0 Å². The van der Waals surface area contributed by atoms with Crippen LogP contribution in [0.25, 0.3) is 0 Å². The van der Waals surface area contributed by atoms with Crippen LogP contribution in [0.2, 0.25) is 6.04 Å². The quantitative estimate of drug-likeness (QED) is 0.583. The Morgan fingerprint density at radius 3 is 2.17 bits per heavy atom. The lowest BCUT2D eigenvalue weighted by Gasteiger charge is -2.22. The summed E-state index contributed by atoms with van der Waals surface area (Å²) in [6, 6.07) is 1.42. The van der Waals surface area contributed by atoms with Gasteiger partial charge in [0.15, 0.2) is 0 Å². The molecular formula is C11H20Si. The molecule has 0 aromatic rings. The molecule has 0 unspecified atom stereocenters. The van der Waals surface area contributed by atoms with Crippen molar-refractivity contribution in [2.75, 3.05) is 0 Å². The van der Waals surface area contributed by atoms with E-state index < -0.39 is 8.80 Å². The first kappa shape index (κ1) is 9.78. The van der Waals surface area contributed by atoms with Gasteiger partial charge in [-0.15, -0.1) is 24.6 Å². The first-order valence-corrected chi connectivity index (χ1v) is 7.27. The van der Waals surface area contributed by atoms with E-state index in [-0.39, 0.29) is 0 Å². The van der Waals surface area contributed by atoms with Gasteiger partial charge in [-0.2, -0.15) is 0 Å². The second kappa shape index (κ2) is 5.36. The van der Waals surface area contributed by atoms with E-state index in [0.29, 0.717) is 0 Å². The third-order valence-electron chi connectivity index (χ3n) is 2.94. The topological polar surface area (TPSA) is 0 Å². The van der Waals surface area contributed by atoms with Crippen molar-refractivity contribution in [1.82, 2.24) is 0 Å². The molecule has 0 N–H and O–H groups in total. The van der Waals surface area contributed by atoms with Crippen LogP contribution in [-0.4, -0.2) is 8.80 Å². The minimum atomic E-state index is -0.738. The molecule has 0 saturated heterocycles. The van der Waals surface area contributed by atoms with Crippen LogP contribution in [0, 0.1) is 5.92 Å². The Kier molecular flexibility index (Phi) is 4.37. The van der Waals surface area contributed by atoms with E-state index in [9.17, 15) is 0 Å². The zero-order chi connectivity index (χ0) is 8.81. The standard InChI is InChI=1S/C11H20Si/c1-3-12(4-2)10-11-8-6-5-7-9-11/h3-4,11-12H,1-2,5-10H2. The first-order chi connectivity index (χ1) is 5.86. The smallest absolute Gasteiger partial charge is 0.0840 e. The lowest BCUT2D eigenvalue weighted by atomic mass is 9.91. The molecule has 1 heteroatoms. The van der Waals surface area contributed by atoms with Gasteiger partial charge in [0.1, 0.15) is 0 Å². The molecule has 0 aromatic heterocycles. The van der Waals surface area contributed by atoms with E-state index in [2.05, 4.69) is 24.6 Å². The van der Waals surface area contributed by atoms with Gasteiger partial charge in [-0.1, -0.05) is 38.1 Å². The highest BCUT2D eigenvalue weighted by atomic mass is 28.3. The molecule has 1 aliphatic carbocycles. The lowest BCUT2D eigenvalue weighted by Crippen LogP contribution is -2.15. The van der Waals surface area contributed by atoms with Gasteiger partial charge in [0.05, 0.1) is 8.80 Å². The Hall–Kier alpha value is -0.303. The van der Waals surface area contributed by atoms with Crippen LogP contribution in [0.1, 0.15) is 32.1 Å². The fourth-order valence-corrected chi connectivity index (χ4v) is 3.91. The van der Waals surface area contributed by atoms with Crippen LogP contribution in [0.15, 0.2) is 24.6 Å². The molecule has 68 valence electrons. The minimum absolute atomic E-state index is 0.738. The summed E-state index contributed by atoms with van der Waals surface area (Å²) < 4.78 is 0. The molecule has 0 heterocycles. The Labute approximate surface area is 78.0 Å². The molecule has 1 rings (SSSR count). The van der Waals surface area contributed by atoms with E-state index >= 15 is 0 Å². The molecule has 0 spiro atoms. The fourth-order valence-electron chi connectivity index (χ4n) is 2.10. The molecule has 1 fully saturated rings. The molecule has 1 saturated carbocycles. The highest BCUT2D eigenvalue weighted by molar-refractivity contribution is 6.69. The van der Waals surface area contributed by atoms with E-state index in [4.69, 9.17) is 0 Å². The number of hydrogen-bond acceptors (Lipinski definition) is 0. The van der Waals surface area contributed by atoms with Crippen molar-refractivity contribution in [1.29, 1.82) is 0 Å². The summed E-state index contributed by atoms with van der Waals surface area (Å²) in [7, 11) is -0.738. The monoisotopic (exact) mass is 180 g/mol. The molecule has 1 aliphatic rings. The highest BCUT2D eigenvalue weighted by Gasteiger charge is 2.15. The largest absolute Gasteiger partial charge is 0.107 e. The first-order valence-electron chi connectivity index (χ1n) is 5.12. The summed E-state index contributed by atoms with van der Waals surface area (Å²) in [5.74, 6) is 1.01. The molecular weight excluding hydrogens is 160 g/mol. The Balaban J connectivity index is 2.27. The minimum Gasteiger partial charge on any atom is -0.107 e. The summed E-state index contributed by atoms with van der Waals surface area (Å²) in [5.41, 5.74) is 4.34. The van der Waals surface area contributed by atoms with E-state index in [0.717, 1.165) is 5.92 Å². The second-order valence-electron chi connectivity index (χ2n) is 3.87. The van der Waals surface area contributed by atoms with Crippen LogP contribution in [0.4, 0.5) is 0 Å². The third-order valence-corrected chi connectivity index (χ3v) is 5.36. The Morgan fingerprint density at radius 1 is 1.08 bits per heavy atom. The van der Waals surface area contributed by atoms with Gasteiger partial charge in [0.2, 0.25) is 0 Å². The van der Waals surface area contributed by atoms with Gasteiger partial charge < -0.3 is 0 Å². The maximum absolute atomic E-state index is 3.89. The van der Waals surface area contributed by atoms with Crippen LogP contribution >= 0.6 is 0 Å². The van der Waals surface area contributed by atoms with Crippen molar-refractivity contribution in [3.05, 3.63) is 24.6 Å². The molecule has 0 aromatic carbocycles. The predicted molar refractivity (Wildman–Crippen MR) is 58.9 cm³/mol. The molecule has 0 aliphatic heterocycles. The van der Waals surface area contributed by atoms with Gasteiger partial charge in [0, 0.05) is 0 Å². The Bertz CT molecular complexity index is 137. The maximum atomic E-state index is 3.89. The van der Waals surface area contributed by atoms with Crippen LogP contribution in [0.3, 0.4) is 0 Å². The van der Waals surface area contributed by atoms with Crippen molar-refractivity contribution in [3.8, 4) is 0 Å². The van der Waals surface area contributed by atoms with E-state index in [1.165, 1.54) is 38.1 Å². The molecule has 12 heavy (non-hydrogen) atoms. The van der Waals surface area contributed by atoms with Crippen molar-refractivity contribution in [3.63, 3.8) is 0 Å². The van der Waals surface area contributed by atoms with Crippen molar-refractivity contribution in [2.45, 2.75) is 38.1 Å². The third kappa shape index (κ3) is 2.98. The second-order valence-corrected chi connectivity index (χ2v) is 6.62. The zero-order valence-electron chi connectivity index (χ0n) is 7.97. The van der Waals surface area contributed by atoms with Gasteiger partial charge in [-0.25, -0.2) is 0 Å². The van der Waals surface area contributed by atoms with E-state index in [1.54, 1.807) is 0 Å². The summed E-state index contributed by atoms with van der Waals surface area (Å²) in [5, 5.41) is 0. The number of rotatable bonds is 4. The predicted octanol–water partition coefficient (Wildman–Crippen LogP) is 3.24.